The molecule has 1 N–H and O–H groups in total. The number of carbonyl (C=O) groups excluding carboxylic acids is 1. The van der Waals surface area contributed by atoms with Crippen LogP contribution in [0.1, 0.15) is 21.8 Å². The van der Waals surface area contributed by atoms with Crippen LogP contribution in [-0.4, -0.2) is 54.1 Å². The molecule has 2 heterocycles. The third kappa shape index (κ3) is 3.51. The summed E-state index contributed by atoms with van der Waals surface area (Å²) in [6.45, 7) is 0.319. The molecule has 1 aliphatic heterocycles. The fraction of sp³-hybridized carbons (Fsp3) is 0.316. The Morgan fingerprint density at radius 2 is 2.00 bits per heavy atom. The minimum atomic E-state index is -0.990. The molecule has 0 radical (unpaired) electrons. The van der Waals surface area contributed by atoms with Gasteiger partial charge in [-0.1, -0.05) is 12.1 Å². The number of carboxylic acids is 1. The molecule has 1 aromatic heterocycles. The number of hydrogen-bond acceptors (Lipinski definition) is 4. The van der Waals surface area contributed by atoms with Crippen molar-refractivity contribution in [3.8, 4) is 0 Å². The van der Waals surface area contributed by atoms with E-state index in [2.05, 4.69) is 4.98 Å². The number of rotatable bonds is 4. The minimum Gasteiger partial charge on any atom is -0.481 e. The Morgan fingerprint density at radius 3 is 2.58 bits per heavy atom. The van der Waals surface area contributed by atoms with Crippen molar-refractivity contribution in [2.24, 2.45) is 5.92 Å². The zero-order valence-corrected chi connectivity index (χ0v) is 14.6. The predicted octanol–water partition coefficient (Wildman–Crippen LogP) is 2.23. The highest BCUT2D eigenvalue weighted by atomic mass is 19.1. The molecule has 2 aromatic rings. The number of hydrogen-bond donors (Lipinski definition) is 1. The molecule has 1 amide bonds. The number of carbonyl (C=O) groups is 2. The summed E-state index contributed by atoms with van der Waals surface area (Å²) in [5, 5.41) is 9.53. The molecule has 3 rings (SSSR count). The van der Waals surface area contributed by atoms with Gasteiger partial charge in [-0.15, -0.1) is 0 Å². The van der Waals surface area contributed by atoms with Crippen molar-refractivity contribution in [2.75, 3.05) is 32.1 Å². The van der Waals surface area contributed by atoms with Crippen molar-refractivity contribution >= 4 is 17.7 Å². The van der Waals surface area contributed by atoms with Crippen molar-refractivity contribution in [3.05, 3.63) is 59.5 Å². The largest absolute Gasteiger partial charge is 0.481 e. The Bertz CT molecular complexity index is 823. The maximum absolute atomic E-state index is 13.5. The highest BCUT2D eigenvalue weighted by Gasteiger charge is 2.40. The molecular formula is C19H20FN3O3. The number of likely N-dealkylation sites (tertiary alicyclic amines) is 1. The van der Waals surface area contributed by atoms with Crippen LogP contribution in [0, 0.1) is 11.7 Å². The van der Waals surface area contributed by atoms with E-state index in [1.54, 1.807) is 24.3 Å². The van der Waals surface area contributed by atoms with E-state index >= 15 is 0 Å². The number of aromatic nitrogens is 1. The molecule has 1 aliphatic rings. The van der Waals surface area contributed by atoms with Crippen LogP contribution in [0.15, 0.2) is 42.6 Å². The molecule has 1 fully saturated rings. The van der Waals surface area contributed by atoms with E-state index in [4.69, 9.17) is 0 Å². The smallest absolute Gasteiger partial charge is 0.308 e. The Labute approximate surface area is 150 Å². The van der Waals surface area contributed by atoms with Gasteiger partial charge in [0, 0.05) is 39.3 Å². The molecule has 0 aliphatic carbocycles. The van der Waals surface area contributed by atoms with Gasteiger partial charge in [0.15, 0.2) is 0 Å². The van der Waals surface area contributed by atoms with Crippen molar-refractivity contribution < 1.29 is 19.1 Å². The lowest BCUT2D eigenvalue weighted by Crippen LogP contribution is -2.30. The summed E-state index contributed by atoms with van der Waals surface area (Å²) >= 11 is 0. The third-order valence-corrected chi connectivity index (χ3v) is 4.65. The zero-order chi connectivity index (χ0) is 18.8. The minimum absolute atomic E-state index is 0.0881. The summed E-state index contributed by atoms with van der Waals surface area (Å²) in [6.07, 6.45) is 1.49. The molecule has 1 saturated heterocycles. The molecule has 0 unspecified atom stereocenters. The molecule has 0 spiro atoms. The lowest BCUT2D eigenvalue weighted by Gasteiger charge is -2.17. The van der Waals surface area contributed by atoms with Crippen molar-refractivity contribution in [1.82, 2.24) is 9.88 Å². The van der Waals surface area contributed by atoms with Gasteiger partial charge in [0.25, 0.3) is 5.91 Å². The standard InChI is InChI=1S/C19H20FN3O3/c1-22(2)17-7-6-13(9-21-17)18(24)23-10-15(16(11-23)19(25)26)12-4-3-5-14(20)8-12/h3-9,15-16H,10-11H2,1-2H3,(H,25,26)/t15-,16+/m1/s1. The highest BCUT2D eigenvalue weighted by Crippen LogP contribution is 2.34. The summed E-state index contributed by atoms with van der Waals surface area (Å²) in [4.78, 5) is 31.9. The summed E-state index contributed by atoms with van der Waals surface area (Å²) < 4.78 is 13.5. The first-order valence-electron chi connectivity index (χ1n) is 8.27. The van der Waals surface area contributed by atoms with Crippen LogP contribution in [-0.2, 0) is 4.79 Å². The fourth-order valence-corrected chi connectivity index (χ4v) is 3.25. The summed E-state index contributed by atoms with van der Waals surface area (Å²) in [5.74, 6) is -2.16. The van der Waals surface area contributed by atoms with Crippen LogP contribution in [0.4, 0.5) is 10.2 Å². The predicted molar refractivity (Wildman–Crippen MR) is 94.7 cm³/mol. The lowest BCUT2D eigenvalue weighted by molar-refractivity contribution is -0.141. The molecule has 1 aromatic carbocycles. The first kappa shape index (κ1) is 17.8. The lowest BCUT2D eigenvalue weighted by atomic mass is 9.89. The van der Waals surface area contributed by atoms with Gasteiger partial charge < -0.3 is 14.9 Å². The second-order valence-electron chi connectivity index (χ2n) is 6.62. The first-order valence-corrected chi connectivity index (χ1v) is 8.27. The van der Waals surface area contributed by atoms with Crippen molar-refractivity contribution in [2.45, 2.75) is 5.92 Å². The first-order chi connectivity index (χ1) is 12.4. The average molecular weight is 357 g/mol. The number of nitrogens with zero attached hydrogens (tertiary/aromatic N) is 3. The Morgan fingerprint density at radius 1 is 1.23 bits per heavy atom. The van der Waals surface area contributed by atoms with E-state index in [1.165, 1.54) is 23.2 Å². The maximum atomic E-state index is 13.5. The summed E-state index contributed by atoms with van der Waals surface area (Å²) in [7, 11) is 3.71. The quantitative estimate of drug-likeness (QED) is 0.908. The van der Waals surface area contributed by atoms with Crippen LogP contribution in [0.5, 0.6) is 0 Å². The van der Waals surface area contributed by atoms with Crippen LogP contribution < -0.4 is 4.90 Å². The molecule has 7 heteroatoms. The average Bonchev–Trinajstić information content (AvgIpc) is 3.07. The van der Waals surface area contributed by atoms with E-state index < -0.39 is 23.6 Å². The van der Waals surface area contributed by atoms with E-state index in [1.807, 2.05) is 19.0 Å². The SMILES string of the molecule is CN(C)c1ccc(C(=O)N2C[C@H](C(=O)O)[C@@H](c3cccc(F)c3)C2)cn1. The van der Waals surface area contributed by atoms with Gasteiger partial charge in [0.05, 0.1) is 11.5 Å². The van der Waals surface area contributed by atoms with Crippen molar-refractivity contribution in [1.29, 1.82) is 0 Å². The zero-order valence-electron chi connectivity index (χ0n) is 14.6. The molecule has 0 bridgehead atoms. The topological polar surface area (TPSA) is 73.7 Å². The number of anilines is 1. The van der Waals surface area contributed by atoms with E-state index in [0.29, 0.717) is 11.1 Å². The van der Waals surface area contributed by atoms with Crippen LogP contribution in [0.25, 0.3) is 0 Å². The van der Waals surface area contributed by atoms with Gasteiger partial charge in [-0.05, 0) is 29.8 Å². The molecule has 26 heavy (non-hydrogen) atoms. The molecule has 136 valence electrons. The van der Waals surface area contributed by atoms with Crippen molar-refractivity contribution in [3.63, 3.8) is 0 Å². The molecule has 6 nitrogen and oxygen atoms in total. The van der Waals surface area contributed by atoms with E-state index in [9.17, 15) is 19.1 Å². The third-order valence-electron chi connectivity index (χ3n) is 4.65. The van der Waals surface area contributed by atoms with Gasteiger partial charge in [-0.2, -0.15) is 0 Å². The van der Waals surface area contributed by atoms with Crippen LogP contribution in [0.3, 0.4) is 0 Å². The number of halogens is 1. The Hall–Kier alpha value is -2.96. The number of amides is 1. The molecule has 2 atom stereocenters. The van der Waals surface area contributed by atoms with E-state index in [0.717, 1.165) is 5.82 Å². The van der Waals surface area contributed by atoms with Gasteiger partial charge in [0.1, 0.15) is 11.6 Å². The Balaban J connectivity index is 1.83. The fourth-order valence-electron chi connectivity index (χ4n) is 3.25. The normalized spacial score (nSPS) is 19.4. The molecule has 0 saturated carbocycles. The maximum Gasteiger partial charge on any atom is 0.308 e. The monoisotopic (exact) mass is 357 g/mol. The van der Waals surface area contributed by atoms with Crippen LogP contribution in [0.2, 0.25) is 0 Å². The second-order valence-corrected chi connectivity index (χ2v) is 6.62. The highest BCUT2D eigenvalue weighted by molar-refractivity contribution is 5.95. The number of benzene rings is 1. The van der Waals surface area contributed by atoms with E-state index in [-0.39, 0.29) is 19.0 Å². The van der Waals surface area contributed by atoms with Gasteiger partial charge in [0.2, 0.25) is 0 Å². The number of pyridine rings is 1. The number of aliphatic carboxylic acids is 1. The second kappa shape index (κ2) is 7.11. The van der Waals surface area contributed by atoms with Gasteiger partial charge in [-0.3, -0.25) is 9.59 Å². The summed E-state index contributed by atoms with van der Waals surface area (Å²) in [5.41, 5.74) is 0.994. The number of carboxylic acid groups (broad SMARTS) is 1. The Kier molecular flexibility index (Phi) is 4.88. The summed E-state index contributed by atoms with van der Waals surface area (Å²) in [6, 6.07) is 9.32. The van der Waals surface area contributed by atoms with Gasteiger partial charge in [-0.25, -0.2) is 9.37 Å². The molecular weight excluding hydrogens is 337 g/mol. The van der Waals surface area contributed by atoms with Gasteiger partial charge >= 0.3 is 5.97 Å². The van der Waals surface area contributed by atoms with Crippen LogP contribution >= 0.6 is 0 Å².